The highest BCUT2D eigenvalue weighted by Crippen LogP contribution is 2.35. The van der Waals surface area contributed by atoms with Gasteiger partial charge in [0, 0.05) is 6.54 Å². The molecule has 0 aromatic heterocycles. The van der Waals surface area contributed by atoms with E-state index >= 15 is 0 Å². The van der Waals surface area contributed by atoms with Gasteiger partial charge in [-0.3, -0.25) is 4.79 Å². The summed E-state index contributed by atoms with van der Waals surface area (Å²) in [4.78, 5) is 11.1. The number of ether oxygens (including phenoxy) is 1. The number of carboxylic acids is 1. The summed E-state index contributed by atoms with van der Waals surface area (Å²) in [7, 11) is 0. The predicted molar refractivity (Wildman–Crippen MR) is 90.8 cm³/mol. The number of hydrogen-bond donors (Lipinski definition) is 2. The first-order chi connectivity index (χ1) is 9.77. The van der Waals surface area contributed by atoms with Crippen LogP contribution in [0, 0.1) is 5.41 Å². The molecule has 0 amide bonds. The summed E-state index contributed by atoms with van der Waals surface area (Å²) in [6.45, 7) is 7.26. The zero-order valence-electron chi connectivity index (χ0n) is 12.5. The molecule has 1 aromatic rings. The third-order valence-electron chi connectivity index (χ3n) is 2.97. The lowest BCUT2D eigenvalue weighted by atomic mass is 9.95. The van der Waals surface area contributed by atoms with Gasteiger partial charge in [-0.05, 0) is 76.4 Å². The lowest BCUT2D eigenvalue weighted by Crippen LogP contribution is -2.30. The first-order valence-electron chi connectivity index (χ1n) is 6.82. The fourth-order valence-electron chi connectivity index (χ4n) is 1.58. The summed E-state index contributed by atoms with van der Waals surface area (Å²) < 4.78 is 7.30. The minimum Gasteiger partial charge on any atom is -0.490 e. The molecule has 1 rings (SSSR count). The van der Waals surface area contributed by atoms with E-state index < -0.39 is 11.4 Å². The van der Waals surface area contributed by atoms with E-state index in [0.29, 0.717) is 5.75 Å². The summed E-state index contributed by atoms with van der Waals surface area (Å²) in [5, 5.41) is 12.4. The fourth-order valence-corrected chi connectivity index (χ4v) is 3.09. The van der Waals surface area contributed by atoms with Crippen LogP contribution in [0.25, 0.3) is 0 Å². The van der Waals surface area contributed by atoms with Gasteiger partial charge >= 0.3 is 5.97 Å². The zero-order chi connectivity index (χ0) is 16.0. The van der Waals surface area contributed by atoms with Gasteiger partial charge in [0.05, 0.1) is 14.4 Å². The number of nitrogens with one attached hydrogen (secondary N) is 1. The molecule has 0 heterocycles. The molecule has 6 heteroatoms. The molecular weight excluding hydrogens is 402 g/mol. The summed E-state index contributed by atoms with van der Waals surface area (Å²) in [5.41, 5.74) is 0.201. The number of carbonyl (C=O) groups is 1. The highest BCUT2D eigenvalue weighted by atomic mass is 79.9. The van der Waals surface area contributed by atoms with Crippen LogP contribution in [0.4, 0.5) is 0 Å². The van der Waals surface area contributed by atoms with Crippen LogP contribution in [0.2, 0.25) is 0 Å². The highest BCUT2D eigenvalue weighted by Gasteiger charge is 2.28. The first-order valence-corrected chi connectivity index (χ1v) is 8.41. The molecule has 0 saturated heterocycles. The highest BCUT2D eigenvalue weighted by molar-refractivity contribution is 9.11. The van der Waals surface area contributed by atoms with Crippen molar-refractivity contribution in [3.63, 3.8) is 0 Å². The molecule has 0 aliphatic carbocycles. The summed E-state index contributed by atoms with van der Waals surface area (Å²) in [6, 6.07) is 3.97. The average molecular weight is 423 g/mol. The molecule has 0 bridgehead atoms. The van der Waals surface area contributed by atoms with E-state index in [1.165, 1.54) is 0 Å². The smallest absolute Gasteiger partial charge is 0.312 e. The van der Waals surface area contributed by atoms with Crippen LogP contribution in [0.1, 0.15) is 32.8 Å². The maximum absolute atomic E-state index is 11.1. The summed E-state index contributed by atoms with van der Waals surface area (Å²) in [5.74, 6) is -0.251. The molecule has 0 radical (unpaired) electrons. The molecule has 118 valence electrons. The van der Waals surface area contributed by atoms with Crippen LogP contribution in [0.3, 0.4) is 0 Å². The second-order valence-corrected chi connectivity index (χ2v) is 7.25. The van der Waals surface area contributed by atoms with Gasteiger partial charge in [0.15, 0.2) is 0 Å². The Morgan fingerprint density at radius 1 is 1.33 bits per heavy atom. The molecule has 21 heavy (non-hydrogen) atoms. The maximum atomic E-state index is 11.1. The minimum absolute atomic E-state index is 0.104. The number of benzene rings is 1. The van der Waals surface area contributed by atoms with Crippen LogP contribution < -0.4 is 10.1 Å². The van der Waals surface area contributed by atoms with Crippen LogP contribution in [-0.2, 0) is 11.3 Å². The number of carboxylic acid groups (broad SMARTS) is 1. The van der Waals surface area contributed by atoms with Gasteiger partial charge in [-0.25, -0.2) is 0 Å². The van der Waals surface area contributed by atoms with Gasteiger partial charge in [-0.2, -0.15) is 0 Å². The van der Waals surface area contributed by atoms with Crippen molar-refractivity contribution in [2.75, 3.05) is 13.2 Å². The van der Waals surface area contributed by atoms with E-state index in [1.54, 1.807) is 13.8 Å². The van der Waals surface area contributed by atoms with Crippen molar-refractivity contribution >= 4 is 37.8 Å². The van der Waals surface area contributed by atoms with Gasteiger partial charge < -0.3 is 15.2 Å². The van der Waals surface area contributed by atoms with Crippen LogP contribution in [0.5, 0.6) is 5.75 Å². The van der Waals surface area contributed by atoms with Crippen molar-refractivity contribution in [2.45, 2.75) is 33.7 Å². The van der Waals surface area contributed by atoms with Crippen LogP contribution in [0.15, 0.2) is 21.1 Å². The molecular formula is C15H21Br2NO3. The second-order valence-electron chi connectivity index (χ2n) is 5.54. The van der Waals surface area contributed by atoms with Gasteiger partial charge in [0.2, 0.25) is 0 Å². The Kier molecular flexibility index (Phi) is 7.16. The van der Waals surface area contributed by atoms with Crippen LogP contribution >= 0.6 is 31.9 Å². The van der Waals surface area contributed by atoms with Crippen LogP contribution in [-0.4, -0.2) is 24.2 Å². The quantitative estimate of drug-likeness (QED) is 0.616. The van der Waals surface area contributed by atoms with Crippen molar-refractivity contribution in [3.05, 3.63) is 26.6 Å². The Balaban J connectivity index is 2.78. The van der Waals surface area contributed by atoms with Crippen molar-refractivity contribution < 1.29 is 14.6 Å². The Bertz CT molecular complexity index is 481. The molecule has 0 aliphatic rings. The van der Waals surface area contributed by atoms with Gasteiger partial charge in [-0.15, -0.1) is 0 Å². The van der Waals surface area contributed by atoms with E-state index in [9.17, 15) is 4.79 Å². The largest absolute Gasteiger partial charge is 0.490 e. The molecule has 1 aromatic carbocycles. The molecule has 4 nitrogen and oxygen atoms in total. The van der Waals surface area contributed by atoms with Gasteiger partial charge in [-0.1, -0.05) is 6.92 Å². The Morgan fingerprint density at radius 3 is 2.38 bits per heavy atom. The minimum atomic E-state index is -0.930. The zero-order valence-corrected chi connectivity index (χ0v) is 15.7. The normalized spacial score (nSPS) is 11.5. The average Bonchev–Trinajstić information content (AvgIpc) is 2.37. The molecule has 0 spiro atoms. The molecule has 2 N–H and O–H groups in total. The Labute approximate surface area is 142 Å². The van der Waals surface area contributed by atoms with Crippen molar-refractivity contribution in [3.8, 4) is 5.75 Å². The molecule has 0 unspecified atom stereocenters. The van der Waals surface area contributed by atoms with Gasteiger partial charge in [0.25, 0.3) is 0 Å². The van der Waals surface area contributed by atoms with E-state index in [-0.39, 0.29) is 6.61 Å². The van der Waals surface area contributed by atoms with E-state index in [2.05, 4.69) is 44.1 Å². The molecule has 0 saturated carbocycles. The number of hydrogen-bond acceptors (Lipinski definition) is 3. The van der Waals surface area contributed by atoms with E-state index in [0.717, 1.165) is 34.0 Å². The molecule has 0 aliphatic heterocycles. The Hall–Kier alpha value is -0.590. The summed E-state index contributed by atoms with van der Waals surface area (Å²) >= 11 is 6.96. The maximum Gasteiger partial charge on any atom is 0.312 e. The SMILES string of the molecule is CCCNCc1cc(Br)c(OCC(C)(C)C(=O)O)c(Br)c1. The topological polar surface area (TPSA) is 58.6 Å². The Morgan fingerprint density at radius 2 is 1.90 bits per heavy atom. The molecule has 0 atom stereocenters. The number of halogens is 2. The van der Waals surface area contributed by atoms with Crippen molar-refractivity contribution in [1.29, 1.82) is 0 Å². The fraction of sp³-hybridized carbons (Fsp3) is 0.533. The standard InChI is InChI=1S/C15H21Br2NO3/c1-4-5-18-8-10-6-11(16)13(12(17)7-10)21-9-15(2,3)14(19)20/h6-7,18H,4-5,8-9H2,1-3H3,(H,19,20). The van der Waals surface area contributed by atoms with Crippen molar-refractivity contribution in [2.24, 2.45) is 5.41 Å². The first kappa shape index (κ1) is 18.5. The monoisotopic (exact) mass is 421 g/mol. The van der Waals surface area contributed by atoms with Gasteiger partial charge in [0.1, 0.15) is 12.4 Å². The lowest BCUT2D eigenvalue weighted by Gasteiger charge is -2.21. The van der Waals surface area contributed by atoms with E-state index in [1.807, 2.05) is 12.1 Å². The third-order valence-corrected chi connectivity index (χ3v) is 4.15. The number of aliphatic carboxylic acids is 1. The van der Waals surface area contributed by atoms with E-state index in [4.69, 9.17) is 9.84 Å². The second kappa shape index (κ2) is 8.15. The third kappa shape index (κ3) is 5.60. The summed E-state index contributed by atoms with van der Waals surface area (Å²) in [6.07, 6.45) is 1.09. The van der Waals surface area contributed by atoms with Crippen molar-refractivity contribution in [1.82, 2.24) is 5.32 Å². The molecule has 0 fully saturated rings. The number of rotatable bonds is 8. The predicted octanol–water partition coefficient (Wildman–Crippen LogP) is 4.20. The lowest BCUT2D eigenvalue weighted by molar-refractivity contribution is -0.148.